The second kappa shape index (κ2) is 25.4. The van der Waals surface area contributed by atoms with Gasteiger partial charge in [0.1, 0.15) is 46.0 Å². The summed E-state index contributed by atoms with van der Waals surface area (Å²) >= 11 is 0. The first kappa shape index (κ1) is 64.3. The molecule has 0 fully saturated rings. The van der Waals surface area contributed by atoms with Gasteiger partial charge in [-0.3, -0.25) is 29.0 Å². The van der Waals surface area contributed by atoms with Gasteiger partial charge in [0.15, 0.2) is 0 Å². The Morgan fingerprint density at radius 1 is 0.308 bits per heavy atom. The van der Waals surface area contributed by atoms with Gasteiger partial charge in [-0.05, 0) is 143 Å². The van der Waals surface area contributed by atoms with Crippen molar-refractivity contribution in [1.82, 2.24) is 9.80 Å². The smallest absolute Gasteiger partial charge is 0.261 e. The highest BCUT2D eigenvalue weighted by Gasteiger charge is 2.42. The third-order valence-corrected chi connectivity index (χ3v) is 18.4. The van der Waals surface area contributed by atoms with Gasteiger partial charge in [0.25, 0.3) is 23.6 Å². The van der Waals surface area contributed by atoms with Crippen LogP contribution < -0.4 is 24.7 Å². The van der Waals surface area contributed by atoms with Crippen molar-refractivity contribution < 1.29 is 38.1 Å². The Bertz CT molecular complexity index is 3960. The molecule has 0 atom stereocenters. The van der Waals surface area contributed by atoms with Crippen molar-refractivity contribution >= 4 is 66.7 Å². The van der Waals surface area contributed by atoms with E-state index in [0.29, 0.717) is 108 Å². The van der Waals surface area contributed by atoms with Crippen LogP contribution in [0.4, 0.5) is 0 Å². The van der Waals surface area contributed by atoms with Crippen LogP contribution in [0.25, 0.3) is 43.1 Å². The van der Waals surface area contributed by atoms with Gasteiger partial charge in [-0.2, -0.15) is 0 Å². The number of fused-ring (bicyclic) bond motifs is 2. The predicted octanol–water partition coefficient (Wildman–Crippen LogP) is 20.9. The van der Waals surface area contributed by atoms with Crippen LogP contribution >= 0.6 is 0 Å². The summed E-state index contributed by atoms with van der Waals surface area (Å²) in [4.78, 5) is 65.5. The number of carbonyl (C=O) groups is 4. The Labute approximate surface area is 537 Å². The normalized spacial score (nSPS) is 13.9. The van der Waals surface area contributed by atoms with Crippen molar-refractivity contribution in [3.8, 4) is 46.0 Å². The maximum absolute atomic E-state index is 15.7. The first-order chi connectivity index (χ1) is 43.3. The summed E-state index contributed by atoms with van der Waals surface area (Å²) in [6.45, 7) is 29.2. The number of nitrogens with zero attached hydrogens (tertiary/aromatic N) is 2. The number of ether oxygens (including phenoxy) is 4. The molecule has 2 N–H and O–H groups in total. The number of rotatable bonds is 23. The topological polar surface area (TPSA) is 138 Å². The molecule has 11 heteroatoms. The van der Waals surface area contributed by atoms with E-state index in [9.17, 15) is 0 Å². The highest BCUT2D eigenvalue weighted by Crippen LogP contribution is 2.58. The van der Waals surface area contributed by atoms with Crippen LogP contribution in [0.5, 0.6) is 46.0 Å². The van der Waals surface area contributed by atoms with Gasteiger partial charge < -0.3 is 24.7 Å². The third-order valence-electron chi connectivity index (χ3n) is 18.4. The van der Waals surface area contributed by atoms with E-state index in [-0.39, 0.29) is 57.0 Å². The minimum absolute atomic E-state index is 0.162. The van der Waals surface area contributed by atoms with Gasteiger partial charge >= 0.3 is 0 Å². The molecule has 9 aromatic rings. The summed E-state index contributed by atoms with van der Waals surface area (Å²) in [6.07, 6.45) is 11.2. The summed E-state index contributed by atoms with van der Waals surface area (Å²) in [7, 11) is 0. The highest BCUT2D eigenvalue weighted by molar-refractivity contribution is 6.44. The lowest BCUT2D eigenvalue weighted by Crippen LogP contribution is -2.41. The molecule has 0 radical (unpaired) electrons. The number of unbranched alkanes of at least 4 members (excludes halogenated alkanes) is 10. The quantitative estimate of drug-likeness (QED) is 0.0287. The fraction of sp³-hybridized carbons (Fsp3) is 0.400. The summed E-state index contributed by atoms with van der Waals surface area (Å²) in [5.41, 5.74) is 10.7. The Hall–Kier alpha value is -8.28. The first-order valence-electron chi connectivity index (χ1n) is 33.2. The maximum Gasteiger partial charge on any atom is 0.261 e. The lowest BCUT2D eigenvalue weighted by atomic mass is 9.80. The van der Waals surface area contributed by atoms with Gasteiger partial charge in [0, 0.05) is 56.2 Å². The molecule has 0 aromatic heterocycles. The first-order valence-corrected chi connectivity index (χ1v) is 33.2. The van der Waals surface area contributed by atoms with Crippen molar-refractivity contribution in [1.29, 1.82) is 0 Å². The fourth-order valence-electron chi connectivity index (χ4n) is 13.1. The highest BCUT2D eigenvalue weighted by atomic mass is 16.5. The Kier molecular flexibility index (Phi) is 18.0. The molecule has 0 saturated carbocycles. The van der Waals surface area contributed by atoms with E-state index in [1.54, 1.807) is 24.3 Å². The van der Waals surface area contributed by atoms with Crippen molar-refractivity contribution in [2.45, 2.75) is 189 Å². The van der Waals surface area contributed by atoms with Crippen LogP contribution in [0.2, 0.25) is 0 Å². The number of hydrogen-bond acceptors (Lipinski definition) is 9. The number of nitrogens with two attached hydrogens (primary N) is 1. The number of hydrogen-bond donors (Lipinski definition) is 1. The van der Waals surface area contributed by atoms with Gasteiger partial charge in [0.2, 0.25) is 0 Å². The monoisotopic (exact) mass is 1220 g/mol. The number of imide groups is 2. The number of carbonyl (C=O) groups excluding carboxylic acids is 4. The Balaban J connectivity index is 1.28. The molecule has 2 heterocycles. The average molecular weight is 1220 g/mol. The van der Waals surface area contributed by atoms with Crippen LogP contribution in [0, 0.1) is 0 Å². The lowest BCUT2D eigenvalue weighted by molar-refractivity contribution is 0.0592. The number of amides is 4. The van der Waals surface area contributed by atoms with E-state index >= 15 is 19.2 Å². The predicted molar refractivity (Wildman–Crippen MR) is 369 cm³/mol. The number of benzene rings is 9. The van der Waals surface area contributed by atoms with Gasteiger partial charge in [-0.25, -0.2) is 0 Å². The standard InChI is InChI=1S/C80H91N3O8/c1-14-15-16-17-21-24-43-82-73(84)57-45-61(88-53-34-26-49(27-35-53)77(2,3)4)67-69-63(90-55-38-30-51(31-39-55)79(8,9)10)47-59-66-60(76(87)83(75(59)86)44-25-22-19-18-20-23-42-81)48-64(91-56-40-32-52(33-41-56)80(11,12)13)70(72(66)69)68-62(46-58(74(82)85)65(57)71(67)68)89-54-36-28-50(29-37-54)78(5,6)7/h26-41,45-48H,14-25,42-44,81H2,1-13H3. The zero-order chi connectivity index (χ0) is 64.9. The molecule has 11 rings (SSSR count). The van der Waals surface area contributed by atoms with Gasteiger partial charge in [-0.1, -0.05) is 196 Å². The molecule has 91 heavy (non-hydrogen) atoms. The van der Waals surface area contributed by atoms with E-state index in [1.165, 1.54) is 9.80 Å². The van der Waals surface area contributed by atoms with E-state index in [0.717, 1.165) is 86.5 Å². The fourth-order valence-corrected chi connectivity index (χ4v) is 13.1. The van der Waals surface area contributed by atoms with Crippen molar-refractivity contribution in [3.63, 3.8) is 0 Å². The van der Waals surface area contributed by atoms with Crippen LogP contribution in [0.15, 0.2) is 121 Å². The molecular formula is C80H91N3O8. The molecule has 0 spiro atoms. The van der Waals surface area contributed by atoms with Gasteiger partial charge in [-0.15, -0.1) is 0 Å². The van der Waals surface area contributed by atoms with E-state index in [1.807, 2.05) is 48.5 Å². The SMILES string of the molecule is CCCCCCCCN1C(=O)c2cc(Oc3ccc(C(C)(C)C)cc3)c3c4c(Oc5ccc(C(C)(C)C)cc5)cc5c6c(cc(Oc7ccc(C(C)(C)C)cc7)c(c7c(Oc8ccc(C(C)(C)C)cc8)cc(c2c37)C1=O)c64)C(=O)N(CCCCCCCCN)C5=O. The molecule has 4 amide bonds. The Morgan fingerprint density at radius 2 is 0.538 bits per heavy atom. The molecule has 2 aliphatic rings. The van der Waals surface area contributed by atoms with Crippen LogP contribution in [0.3, 0.4) is 0 Å². The maximum atomic E-state index is 15.7. The zero-order valence-corrected chi connectivity index (χ0v) is 55.9. The van der Waals surface area contributed by atoms with Crippen LogP contribution in [-0.2, 0) is 21.7 Å². The minimum atomic E-state index is -0.444. The molecule has 2 aliphatic heterocycles. The molecular weight excluding hydrogens is 1130 g/mol. The Morgan fingerprint density at radius 3 is 0.769 bits per heavy atom. The summed E-state index contributed by atoms with van der Waals surface area (Å²) in [5.74, 6) is 1.45. The zero-order valence-electron chi connectivity index (χ0n) is 55.9. The van der Waals surface area contributed by atoms with Crippen molar-refractivity contribution in [2.24, 2.45) is 5.73 Å². The minimum Gasteiger partial charge on any atom is -0.457 e. The molecule has 11 nitrogen and oxygen atoms in total. The molecule has 0 bridgehead atoms. The summed E-state index contributed by atoms with van der Waals surface area (Å²) in [6, 6.07) is 39.0. The molecule has 0 saturated heterocycles. The largest absolute Gasteiger partial charge is 0.457 e. The third kappa shape index (κ3) is 12.9. The van der Waals surface area contributed by atoms with E-state index in [2.05, 4.69) is 139 Å². The molecule has 0 aliphatic carbocycles. The average Bonchev–Trinajstić information content (AvgIpc) is 0.674. The lowest BCUT2D eigenvalue weighted by Gasteiger charge is -2.32. The molecule has 0 unspecified atom stereocenters. The van der Waals surface area contributed by atoms with E-state index in [4.69, 9.17) is 24.7 Å². The van der Waals surface area contributed by atoms with Crippen molar-refractivity contribution in [2.75, 3.05) is 19.6 Å². The second-order valence-electron chi connectivity index (χ2n) is 29.4. The van der Waals surface area contributed by atoms with Crippen LogP contribution in [-0.4, -0.2) is 53.1 Å². The van der Waals surface area contributed by atoms with Crippen LogP contribution in [0.1, 0.15) is 231 Å². The summed E-state index contributed by atoms with van der Waals surface area (Å²) in [5, 5.41) is 3.79. The van der Waals surface area contributed by atoms with Gasteiger partial charge in [0.05, 0.1) is 22.3 Å². The molecule has 474 valence electrons. The van der Waals surface area contributed by atoms with Crippen molar-refractivity contribution in [3.05, 3.63) is 166 Å². The summed E-state index contributed by atoms with van der Waals surface area (Å²) < 4.78 is 29.2. The molecule has 9 aromatic carbocycles. The second-order valence-corrected chi connectivity index (χ2v) is 29.4. The van der Waals surface area contributed by atoms with E-state index < -0.39 is 23.6 Å².